The molecule has 0 aliphatic rings. The molecule has 0 atom stereocenters. The van der Waals surface area contributed by atoms with Gasteiger partial charge in [-0.25, -0.2) is 19.9 Å². The average molecular weight is 440 g/mol. The molecule has 0 aliphatic heterocycles. The van der Waals surface area contributed by atoms with Crippen molar-refractivity contribution in [1.82, 2.24) is 29.1 Å². The zero-order valence-corrected chi connectivity index (χ0v) is 18.2. The summed E-state index contributed by atoms with van der Waals surface area (Å²) in [5.41, 5.74) is 4.74. The Kier molecular flexibility index (Phi) is 5.57. The van der Waals surface area contributed by atoms with Crippen LogP contribution in [0.25, 0.3) is 22.1 Å². The van der Waals surface area contributed by atoms with Crippen LogP contribution in [0.2, 0.25) is 10.2 Å². The molecular formula is C21H19Cl2N7. The van der Waals surface area contributed by atoms with Crippen LogP contribution in [-0.4, -0.2) is 36.1 Å². The van der Waals surface area contributed by atoms with Gasteiger partial charge in [-0.1, -0.05) is 35.3 Å². The fraction of sp³-hybridized carbons (Fsp3) is 0.143. The molecule has 5 aromatic rings. The Balaban J connectivity index is 0.000000168. The van der Waals surface area contributed by atoms with Gasteiger partial charge in [0.1, 0.15) is 22.0 Å². The quantitative estimate of drug-likeness (QED) is 0.361. The standard InChI is InChI=1S/C14H13ClN4.C7H6ClN3/c1-18-9-17-11-8-16-14(7-13(11)18)19(2)12-6-4-3-5-10(12)15;1-11-4-10-5-3-9-7(8)2-6(5)11/h3-9H,1-2H3;2-4H,1H3. The van der Waals surface area contributed by atoms with Crippen LogP contribution in [0, 0.1) is 0 Å². The van der Waals surface area contributed by atoms with E-state index < -0.39 is 0 Å². The molecule has 4 aromatic heterocycles. The fourth-order valence-electron chi connectivity index (χ4n) is 3.06. The van der Waals surface area contributed by atoms with E-state index in [0.29, 0.717) is 10.2 Å². The Morgan fingerprint density at radius 2 is 1.40 bits per heavy atom. The highest BCUT2D eigenvalue weighted by Crippen LogP contribution is 2.30. The molecule has 7 nitrogen and oxygen atoms in total. The molecule has 0 unspecified atom stereocenters. The van der Waals surface area contributed by atoms with E-state index in [0.717, 1.165) is 33.6 Å². The maximum atomic E-state index is 6.21. The average Bonchev–Trinajstić information content (AvgIpc) is 3.31. The molecule has 0 radical (unpaired) electrons. The van der Waals surface area contributed by atoms with Gasteiger partial charge in [0.25, 0.3) is 0 Å². The summed E-state index contributed by atoms with van der Waals surface area (Å²) in [4.78, 5) is 18.7. The third-order valence-corrected chi connectivity index (χ3v) is 5.26. The summed E-state index contributed by atoms with van der Waals surface area (Å²) >= 11 is 11.9. The molecule has 5 rings (SSSR count). The molecule has 0 aliphatic carbocycles. The van der Waals surface area contributed by atoms with Crippen molar-refractivity contribution in [3.8, 4) is 0 Å². The van der Waals surface area contributed by atoms with E-state index in [1.807, 2.05) is 65.5 Å². The van der Waals surface area contributed by atoms with Crippen LogP contribution in [0.3, 0.4) is 0 Å². The Morgan fingerprint density at radius 3 is 2.07 bits per heavy atom. The van der Waals surface area contributed by atoms with E-state index in [2.05, 4.69) is 19.9 Å². The first-order valence-corrected chi connectivity index (χ1v) is 9.87. The molecule has 0 amide bonds. The monoisotopic (exact) mass is 439 g/mol. The number of hydrogen-bond donors (Lipinski definition) is 0. The van der Waals surface area contributed by atoms with Crippen molar-refractivity contribution in [3.05, 3.63) is 71.6 Å². The second kappa shape index (κ2) is 8.30. The smallest absolute Gasteiger partial charge is 0.134 e. The zero-order chi connectivity index (χ0) is 21.3. The van der Waals surface area contributed by atoms with Gasteiger partial charge in [0.2, 0.25) is 0 Å². The number of para-hydroxylation sites is 1. The number of pyridine rings is 2. The number of imidazole rings is 2. The van der Waals surface area contributed by atoms with Crippen molar-refractivity contribution in [2.75, 3.05) is 11.9 Å². The largest absolute Gasteiger partial charge is 0.334 e. The highest BCUT2D eigenvalue weighted by Gasteiger charge is 2.10. The zero-order valence-electron chi connectivity index (χ0n) is 16.7. The van der Waals surface area contributed by atoms with Crippen molar-refractivity contribution in [2.24, 2.45) is 14.1 Å². The van der Waals surface area contributed by atoms with Crippen LogP contribution >= 0.6 is 23.2 Å². The van der Waals surface area contributed by atoms with Crippen molar-refractivity contribution >= 4 is 56.8 Å². The molecule has 0 bridgehead atoms. The predicted molar refractivity (Wildman–Crippen MR) is 122 cm³/mol. The first-order valence-electron chi connectivity index (χ1n) is 9.12. The van der Waals surface area contributed by atoms with Crippen LogP contribution < -0.4 is 4.90 Å². The molecule has 0 fully saturated rings. The Hall–Kier alpha value is -3.16. The first-order chi connectivity index (χ1) is 14.4. The van der Waals surface area contributed by atoms with Crippen LogP contribution in [0.4, 0.5) is 11.5 Å². The topological polar surface area (TPSA) is 64.7 Å². The lowest BCUT2D eigenvalue weighted by Gasteiger charge is -2.19. The van der Waals surface area contributed by atoms with Gasteiger partial charge in [-0.05, 0) is 12.1 Å². The molecule has 9 heteroatoms. The summed E-state index contributed by atoms with van der Waals surface area (Å²) in [5.74, 6) is 0.837. The van der Waals surface area contributed by atoms with Crippen LogP contribution in [0.1, 0.15) is 0 Å². The molecule has 0 N–H and O–H groups in total. The van der Waals surface area contributed by atoms with Gasteiger partial charge in [0, 0.05) is 33.3 Å². The number of nitrogens with zero attached hydrogens (tertiary/aromatic N) is 7. The van der Waals surface area contributed by atoms with Gasteiger partial charge in [-0.15, -0.1) is 0 Å². The van der Waals surface area contributed by atoms with Crippen LogP contribution in [0.5, 0.6) is 0 Å². The van der Waals surface area contributed by atoms with Crippen molar-refractivity contribution in [3.63, 3.8) is 0 Å². The summed E-state index contributed by atoms with van der Waals surface area (Å²) in [6.45, 7) is 0. The van der Waals surface area contributed by atoms with Gasteiger partial charge in [0.15, 0.2) is 0 Å². The second-order valence-electron chi connectivity index (χ2n) is 6.75. The van der Waals surface area contributed by atoms with Crippen LogP contribution in [0.15, 0.2) is 61.4 Å². The van der Waals surface area contributed by atoms with Crippen molar-refractivity contribution in [1.29, 1.82) is 0 Å². The highest BCUT2D eigenvalue weighted by atomic mass is 35.5. The van der Waals surface area contributed by atoms with E-state index in [1.165, 1.54) is 0 Å². The normalized spacial score (nSPS) is 10.8. The molecule has 0 saturated heterocycles. The van der Waals surface area contributed by atoms with Crippen molar-refractivity contribution in [2.45, 2.75) is 0 Å². The number of aromatic nitrogens is 6. The highest BCUT2D eigenvalue weighted by molar-refractivity contribution is 6.33. The molecule has 0 saturated carbocycles. The lowest BCUT2D eigenvalue weighted by atomic mass is 10.3. The first kappa shape index (κ1) is 20.1. The molecular weight excluding hydrogens is 421 g/mol. The number of anilines is 2. The number of benzene rings is 1. The van der Waals surface area contributed by atoms with Gasteiger partial charge in [-0.3, -0.25) is 0 Å². The molecule has 4 heterocycles. The summed E-state index contributed by atoms with van der Waals surface area (Å²) in [6, 6.07) is 11.5. The van der Waals surface area contributed by atoms with E-state index in [1.54, 1.807) is 31.1 Å². The van der Waals surface area contributed by atoms with Gasteiger partial charge in [-0.2, -0.15) is 0 Å². The number of aryl methyl sites for hydroxylation is 2. The SMILES string of the molecule is CN(c1cc2c(cn1)ncn2C)c1ccccc1Cl.Cn1cnc2cnc(Cl)cc21. The van der Waals surface area contributed by atoms with E-state index in [-0.39, 0.29) is 0 Å². The molecule has 30 heavy (non-hydrogen) atoms. The number of rotatable bonds is 2. The van der Waals surface area contributed by atoms with Gasteiger partial charge < -0.3 is 14.0 Å². The number of halogens is 2. The molecule has 1 aromatic carbocycles. The minimum absolute atomic E-state index is 0.501. The Bertz CT molecular complexity index is 1330. The predicted octanol–water partition coefficient (Wildman–Crippen LogP) is 5.01. The van der Waals surface area contributed by atoms with E-state index in [4.69, 9.17) is 23.2 Å². The Morgan fingerprint density at radius 1 is 0.800 bits per heavy atom. The Labute approximate surface area is 183 Å². The summed E-state index contributed by atoms with van der Waals surface area (Å²) in [5, 5.41) is 1.21. The third kappa shape index (κ3) is 3.94. The molecule has 0 spiro atoms. The number of fused-ring (bicyclic) bond motifs is 2. The van der Waals surface area contributed by atoms with Gasteiger partial charge >= 0.3 is 0 Å². The molecule has 152 valence electrons. The van der Waals surface area contributed by atoms with Crippen molar-refractivity contribution < 1.29 is 0 Å². The summed E-state index contributed by atoms with van der Waals surface area (Å²) in [6.07, 6.45) is 6.96. The maximum absolute atomic E-state index is 6.21. The van der Waals surface area contributed by atoms with Crippen LogP contribution in [-0.2, 0) is 14.1 Å². The van der Waals surface area contributed by atoms with E-state index >= 15 is 0 Å². The summed E-state index contributed by atoms with van der Waals surface area (Å²) in [7, 11) is 5.84. The van der Waals surface area contributed by atoms with Gasteiger partial charge in [0.05, 0.1) is 46.8 Å². The lowest BCUT2D eigenvalue weighted by molar-refractivity contribution is 0.946. The lowest BCUT2D eigenvalue weighted by Crippen LogP contribution is -2.11. The fourth-order valence-corrected chi connectivity index (χ4v) is 3.47. The maximum Gasteiger partial charge on any atom is 0.134 e. The minimum Gasteiger partial charge on any atom is -0.334 e. The second-order valence-corrected chi connectivity index (χ2v) is 7.54. The summed E-state index contributed by atoms with van der Waals surface area (Å²) < 4.78 is 3.88. The third-order valence-electron chi connectivity index (χ3n) is 4.73. The number of hydrogen-bond acceptors (Lipinski definition) is 5. The minimum atomic E-state index is 0.501. The van der Waals surface area contributed by atoms with E-state index in [9.17, 15) is 0 Å².